The summed E-state index contributed by atoms with van der Waals surface area (Å²) in [7, 11) is -3.70. The maximum absolute atomic E-state index is 12.3. The van der Waals surface area contributed by atoms with E-state index >= 15 is 0 Å². The van der Waals surface area contributed by atoms with Crippen LogP contribution in [0.1, 0.15) is 24.8 Å². The lowest BCUT2D eigenvalue weighted by atomic mass is 9.97. The Morgan fingerprint density at radius 1 is 1.38 bits per heavy atom. The number of aliphatic hydroxyl groups excluding tert-OH is 1. The minimum absolute atomic E-state index is 0.0138. The molecule has 0 amide bonds. The Morgan fingerprint density at radius 2 is 2.10 bits per heavy atom. The van der Waals surface area contributed by atoms with E-state index in [2.05, 4.69) is 4.72 Å². The first-order valence-electron chi connectivity index (χ1n) is 6.88. The van der Waals surface area contributed by atoms with Crippen LogP contribution in [0.4, 0.5) is 5.69 Å². The van der Waals surface area contributed by atoms with Gasteiger partial charge in [0.1, 0.15) is 4.90 Å². The van der Waals surface area contributed by atoms with Crippen LogP contribution in [0, 0.1) is 23.2 Å². The largest absolute Gasteiger partial charge is 0.398 e. The number of hydrogen-bond donors (Lipinski definition) is 3. The van der Waals surface area contributed by atoms with Gasteiger partial charge in [0.15, 0.2) is 0 Å². The van der Waals surface area contributed by atoms with E-state index in [0.29, 0.717) is 12.1 Å². The molecular formula is C14H19N3O3S. The highest BCUT2D eigenvalue weighted by atomic mass is 32.2. The molecule has 2 unspecified atom stereocenters. The van der Waals surface area contributed by atoms with Gasteiger partial charge in [0.25, 0.3) is 0 Å². The highest BCUT2D eigenvalue weighted by Gasteiger charge is 2.28. The number of nitrogens with zero attached hydrogens (tertiary/aromatic N) is 1. The maximum Gasteiger partial charge on any atom is 0.242 e. The molecule has 2 atom stereocenters. The molecule has 1 fully saturated rings. The molecule has 21 heavy (non-hydrogen) atoms. The molecule has 1 aliphatic carbocycles. The summed E-state index contributed by atoms with van der Waals surface area (Å²) in [6, 6.07) is 6.03. The number of rotatable bonds is 5. The quantitative estimate of drug-likeness (QED) is 0.697. The normalized spacial score (nSPS) is 22.1. The second kappa shape index (κ2) is 6.43. The van der Waals surface area contributed by atoms with Crippen molar-refractivity contribution in [3.63, 3.8) is 0 Å². The summed E-state index contributed by atoms with van der Waals surface area (Å²) in [5, 5.41) is 18.0. The van der Waals surface area contributed by atoms with Gasteiger partial charge in [-0.25, -0.2) is 13.1 Å². The molecule has 1 saturated carbocycles. The zero-order valence-electron chi connectivity index (χ0n) is 11.6. The average molecular weight is 309 g/mol. The molecule has 2 rings (SSSR count). The van der Waals surface area contributed by atoms with Crippen LogP contribution in [0.15, 0.2) is 23.1 Å². The zero-order chi connectivity index (χ0) is 15.5. The number of nitrogen functional groups attached to an aromatic ring is 1. The highest BCUT2D eigenvalue weighted by Crippen LogP contribution is 2.31. The molecule has 7 heteroatoms. The first-order valence-corrected chi connectivity index (χ1v) is 8.36. The van der Waals surface area contributed by atoms with Gasteiger partial charge in [0.05, 0.1) is 17.3 Å². The van der Waals surface area contributed by atoms with Crippen molar-refractivity contribution >= 4 is 15.7 Å². The van der Waals surface area contributed by atoms with E-state index < -0.39 is 10.0 Å². The molecule has 0 saturated heterocycles. The Bertz CT molecular complexity index is 652. The maximum atomic E-state index is 12.3. The van der Waals surface area contributed by atoms with Gasteiger partial charge >= 0.3 is 0 Å². The summed E-state index contributed by atoms with van der Waals surface area (Å²) in [5.74, 6) is 0.315. The fourth-order valence-electron chi connectivity index (χ4n) is 2.78. The number of sulfonamides is 1. The Labute approximate surface area is 124 Å². The minimum Gasteiger partial charge on any atom is -0.398 e. The van der Waals surface area contributed by atoms with Crippen LogP contribution < -0.4 is 10.5 Å². The number of aliphatic hydroxyl groups is 1. The molecule has 1 aliphatic rings. The molecule has 0 aliphatic heterocycles. The van der Waals surface area contributed by atoms with E-state index in [9.17, 15) is 13.5 Å². The second-order valence-corrected chi connectivity index (χ2v) is 7.09. The monoisotopic (exact) mass is 309 g/mol. The van der Waals surface area contributed by atoms with Crippen LogP contribution in [-0.2, 0) is 10.0 Å². The third kappa shape index (κ3) is 3.53. The van der Waals surface area contributed by atoms with Gasteiger partial charge in [-0.15, -0.1) is 0 Å². The molecule has 0 spiro atoms. The van der Waals surface area contributed by atoms with Crippen LogP contribution in [0.3, 0.4) is 0 Å². The van der Waals surface area contributed by atoms with Gasteiger partial charge in [-0.05, 0) is 42.9 Å². The molecule has 0 radical (unpaired) electrons. The fourth-order valence-corrected chi connectivity index (χ4v) is 3.99. The molecule has 1 aromatic carbocycles. The number of nitrogens with two attached hydrogens (primary N) is 1. The van der Waals surface area contributed by atoms with Gasteiger partial charge < -0.3 is 10.8 Å². The Kier molecular flexibility index (Phi) is 4.83. The number of nitriles is 1. The first-order chi connectivity index (χ1) is 9.97. The molecule has 1 aromatic rings. The predicted molar refractivity (Wildman–Crippen MR) is 78.7 cm³/mol. The number of benzene rings is 1. The van der Waals surface area contributed by atoms with Crippen LogP contribution in [-0.4, -0.2) is 26.7 Å². The molecule has 0 aromatic heterocycles. The van der Waals surface area contributed by atoms with Crippen molar-refractivity contribution in [3.8, 4) is 6.07 Å². The lowest BCUT2D eigenvalue weighted by Crippen LogP contribution is -2.32. The van der Waals surface area contributed by atoms with Gasteiger partial charge in [-0.2, -0.15) is 5.26 Å². The van der Waals surface area contributed by atoms with Crippen molar-refractivity contribution in [2.75, 3.05) is 18.9 Å². The van der Waals surface area contributed by atoms with Gasteiger partial charge in [0, 0.05) is 13.2 Å². The molecule has 6 nitrogen and oxygen atoms in total. The minimum atomic E-state index is -3.70. The summed E-state index contributed by atoms with van der Waals surface area (Å²) in [6.45, 7) is 0.387. The lowest BCUT2D eigenvalue weighted by Gasteiger charge is -2.18. The van der Waals surface area contributed by atoms with Crippen molar-refractivity contribution in [2.24, 2.45) is 11.8 Å². The van der Waals surface area contributed by atoms with Gasteiger partial charge in [-0.1, -0.05) is 6.42 Å². The summed E-state index contributed by atoms with van der Waals surface area (Å²) < 4.78 is 27.1. The summed E-state index contributed by atoms with van der Waals surface area (Å²) in [6.07, 6.45) is 2.86. The zero-order valence-corrected chi connectivity index (χ0v) is 12.4. The Morgan fingerprint density at radius 3 is 2.71 bits per heavy atom. The second-order valence-electron chi connectivity index (χ2n) is 5.35. The standard InChI is InChI=1S/C14H19N3O3S/c15-7-10-4-5-14(13(16)6-10)21(19,20)17-8-11-2-1-3-12(11)9-18/h4-6,11-12,17-18H,1-3,8-9,16H2. The number of anilines is 1. The van der Waals surface area contributed by atoms with Crippen LogP contribution >= 0.6 is 0 Å². The molecule has 4 N–H and O–H groups in total. The van der Waals surface area contributed by atoms with E-state index in [1.165, 1.54) is 18.2 Å². The smallest absolute Gasteiger partial charge is 0.242 e. The molecule has 0 heterocycles. The SMILES string of the molecule is N#Cc1ccc(S(=O)(=O)NCC2CCCC2CO)c(N)c1. The topological polar surface area (TPSA) is 116 Å². The summed E-state index contributed by atoms with van der Waals surface area (Å²) >= 11 is 0. The average Bonchev–Trinajstić information content (AvgIpc) is 2.92. The first kappa shape index (κ1) is 15.8. The highest BCUT2D eigenvalue weighted by molar-refractivity contribution is 7.89. The van der Waals surface area contributed by atoms with Crippen molar-refractivity contribution < 1.29 is 13.5 Å². The van der Waals surface area contributed by atoms with Crippen molar-refractivity contribution in [1.29, 1.82) is 5.26 Å². The molecular weight excluding hydrogens is 290 g/mol. The van der Waals surface area contributed by atoms with Crippen LogP contribution in [0.2, 0.25) is 0 Å². The van der Waals surface area contributed by atoms with Crippen molar-refractivity contribution in [1.82, 2.24) is 4.72 Å². The van der Waals surface area contributed by atoms with Gasteiger partial charge in [-0.3, -0.25) is 0 Å². The fraction of sp³-hybridized carbons (Fsp3) is 0.500. The Hall–Kier alpha value is -1.62. The van der Waals surface area contributed by atoms with E-state index in [-0.39, 0.29) is 29.0 Å². The summed E-state index contributed by atoms with van der Waals surface area (Å²) in [5.41, 5.74) is 6.09. The van der Waals surface area contributed by atoms with Crippen molar-refractivity contribution in [3.05, 3.63) is 23.8 Å². The van der Waals surface area contributed by atoms with E-state index in [1.54, 1.807) is 0 Å². The molecule has 114 valence electrons. The Balaban J connectivity index is 2.10. The van der Waals surface area contributed by atoms with Crippen LogP contribution in [0.5, 0.6) is 0 Å². The lowest BCUT2D eigenvalue weighted by molar-refractivity contribution is 0.195. The van der Waals surface area contributed by atoms with Crippen LogP contribution in [0.25, 0.3) is 0 Å². The number of hydrogen-bond acceptors (Lipinski definition) is 5. The van der Waals surface area contributed by atoms with E-state index in [0.717, 1.165) is 19.3 Å². The molecule has 0 bridgehead atoms. The number of nitrogens with one attached hydrogen (secondary N) is 1. The third-order valence-electron chi connectivity index (χ3n) is 4.01. The summed E-state index contributed by atoms with van der Waals surface area (Å²) in [4.78, 5) is -0.0138. The van der Waals surface area contributed by atoms with E-state index in [1.807, 2.05) is 6.07 Å². The third-order valence-corrected chi connectivity index (χ3v) is 5.51. The van der Waals surface area contributed by atoms with Crippen molar-refractivity contribution in [2.45, 2.75) is 24.2 Å². The predicted octanol–water partition coefficient (Wildman–Crippen LogP) is 0.827. The van der Waals surface area contributed by atoms with E-state index in [4.69, 9.17) is 11.0 Å². The van der Waals surface area contributed by atoms with Gasteiger partial charge in [0.2, 0.25) is 10.0 Å².